The van der Waals surface area contributed by atoms with Gasteiger partial charge in [-0.15, -0.1) is 0 Å². The molecule has 0 unspecified atom stereocenters. The number of rotatable bonds is 6. The van der Waals surface area contributed by atoms with E-state index in [4.69, 9.17) is 9.84 Å². The summed E-state index contributed by atoms with van der Waals surface area (Å²) in [4.78, 5) is 14.5. The molecule has 0 saturated carbocycles. The predicted molar refractivity (Wildman–Crippen MR) is 71.9 cm³/mol. The molecule has 20 heavy (non-hydrogen) atoms. The summed E-state index contributed by atoms with van der Waals surface area (Å²) in [6, 6.07) is 7.56. The highest BCUT2D eigenvalue weighted by Gasteiger charge is 2.02. The molecule has 1 heterocycles. The maximum Gasteiger partial charge on any atom is 0.404 e. The Morgan fingerprint density at radius 3 is 2.75 bits per heavy atom. The van der Waals surface area contributed by atoms with Crippen molar-refractivity contribution in [1.29, 1.82) is 0 Å². The maximum atomic E-state index is 10.2. The van der Waals surface area contributed by atoms with E-state index in [1.54, 1.807) is 0 Å². The second-order valence-electron chi connectivity index (χ2n) is 4.24. The number of aromatic nitrogens is 3. The highest BCUT2D eigenvalue weighted by atomic mass is 16.5. The molecule has 2 rings (SSSR count). The number of hydrogen-bond donors (Lipinski definition) is 3. The molecule has 3 N–H and O–H groups in total. The third kappa shape index (κ3) is 4.27. The van der Waals surface area contributed by atoms with Crippen LogP contribution in [-0.2, 0) is 6.42 Å². The van der Waals surface area contributed by atoms with Crippen LogP contribution in [0.25, 0.3) is 0 Å². The number of benzene rings is 1. The number of nitrogens with zero attached hydrogens (tertiary/aromatic N) is 2. The molecule has 0 aliphatic carbocycles. The van der Waals surface area contributed by atoms with E-state index < -0.39 is 6.09 Å². The molecule has 1 aromatic carbocycles. The Balaban J connectivity index is 1.82. The van der Waals surface area contributed by atoms with Crippen molar-refractivity contribution >= 4 is 6.09 Å². The Hall–Kier alpha value is -2.57. The fourth-order valence-corrected chi connectivity index (χ4v) is 1.68. The highest BCUT2D eigenvalue weighted by molar-refractivity contribution is 5.64. The quantitative estimate of drug-likeness (QED) is 0.691. The summed E-state index contributed by atoms with van der Waals surface area (Å²) in [5, 5.41) is 17.5. The highest BCUT2D eigenvalue weighted by Crippen LogP contribution is 2.13. The van der Waals surface area contributed by atoms with Crippen LogP contribution in [0.1, 0.15) is 17.2 Å². The lowest BCUT2D eigenvalue weighted by Gasteiger charge is -2.06. The van der Waals surface area contributed by atoms with E-state index >= 15 is 0 Å². The lowest BCUT2D eigenvalue weighted by Crippen LogP contribution is -2.26. The molecule has 106 valence electrons. The third-order valence-electron chi connectivity index (χ3n) is 2.58. The number of aromatic amines is 1. The van der Waals surface area contributed by atoms with Crippen LogP contribution in [0.4, 0.5) is 4.79 Å². The minimum Gasteiger partial charge on any atom is -0.492 e. The molecule has 0 aliphatic heterocycles. The number of H-pyrrole nitrogens is 1. The van der Waals surface area contributed by atoms with Crippen LogP contribution in [0.15, 0.2) is 24.3 Å². The smallest absolute Gasteiger partial charge is 0.404 e. The number of ether oxygens (including phenoxy) is 1. The Bertz CT molecular complexity index is 565. The summed E-state index contributed by atoms with van der Waals surface area (Å²) in [7, 11) is 0. The van der Waals surface area contributed by atoms with Crippen molar-refractivity contribution in [1.82, 2.24) is 20.5 Å². The van der Waals surface area contributed by atoms with E-state index in [2.05, 4.69) is 20.5 Å². The van der Waals surface area contributed by atoms with Gasteiger partial charge in [0, 0.05) is 6.42 Å². The molecule has 0 fully saturated rings. The molecular formula is C13H16N4O3. The zero-order valence-corrected chi connectivity index (χ0v) is 11.1. The Kier molecular flexibility index (Phi) is 4.54. The fraction of sp³-hybridized carbons (Fsp3) is 0.308. The first-order valence-electron chi connectivity index (χ1n) is 6.20. The van der Waals surface area contributed by atoms with E-state index in [0.29, 0.717) is 18.8 Å². The van der Waals surface area contributed by atoms with Crippen molar-refractivity contribution in [3.8, 4) is 5.75 Å². The van der Waals surface area contributed by atoms with Gasteiger partial charge in [0.15, 0.2) is 5.82 Å². The number of carboxylic acid groups (broad SMARTS) is 1. The molecule has 1 aromatic heterocycles. The maximum absolute atomic E-state index is 10.2. The summed E-state index contributed by atoms with van der Waals surface area (Å²) in [5.41, 5.74) is 1.08. The average Bonchev–Trinajstić information content (AvgIpc) is 2.82. The molecule has 1 amide bonds. The van der Waals surface area contributed by atoms with Crippen LogP contribution in [0.2, 0.25) is 0 Å². The van der Waals surface area contributed by atoms with Gasteiger partial charge in [-0.1, -0.05) is 12.1 Å². The topological polar surface area (TPSA) is 100 Å². The molecule has 0 radical (unpaired) electrons. The minimum absolute atomic E-state index is 0.257. The predicted octanol–water partition coefficient (Wildman–Crippen LogP) is 1.35. The van der Waals surface area contributed by atoms with Gasteiger partial charge < -0.3 is 15.2 Å². The molecule has 0 saturated heterocycles. The molecule has 0 bridgehead atoms. The van der Waals surface area contributed by atoms with Crippen LogP contribution < -0.4 is 10.1 Å². The molecule has 0 atom stereocenters. The van der Waals surface area contributed by atoms with Gasteiger partial charge in [0.2, 0.25) is 0 Å². The van der Waals surface area contributed by atoms with Crippen molar-refractivity contribution < 1.29 is 14.6 Å². The average molecular weight is 276 g/mol. The monoisotopic (exact) mass is 276 g/mol. The summed E-state index contributed by atoms with van der Waals surface area (Å²) in [6.07, 6.45) is -0.392. The molecule has 7 heteroatoms. The van der Waals surface area contributed by atoms with Crippen LogP contribution in [0.5, 0.6) is 5.75 Å². The molecule has 0 aliphatic rings. The van der Waals surface area contributed by atoms with Gasteiger partial charge in [-0.2, -0.15) is 5.10 Å². The third-order valence-corrected chi connectivity index (χ3v) is 2.58. The van der Waals surface area contributed by atoms with E-state index in [1.807, 2.05) is 31.2 Å². The van der Waals surface area contributed by atoms with Crippen LogP contribution in [-0.4, -0.2) is 39.5 Å². The summed E-state index contributed by atoms with van der Waals surface area (Å²) < 4.78 is 5.40. The zero-order valence-electron chi connectivity index (χ0n) is 11.1. The molecule has 0 spiro atoms. The van der Waals surface area contributed by atoms with Crippen molar-refractivity contribution in [2.24, 2.45) is 0 Å². The SMILES string of the molecule is Cc1nc(Cc2ccc(OCCNC(=O)O)cc2)n[nH]1. The fourth-order valence-electron chi connectivity index (χ4n) is 1.68. The summed E-state index contributed by atoms with van der Waals surface area (Å²) >= 11 is 0. The summed E-state index contributed by atoms with van der Waals surface area (Å²) in [5.74, 6) is 2.25. The number of amides is 1. The Morgan fingerprint density at radius 1 is 1.40 bits per heavy atom. The number of carbonyl (C=O) groups is 1. The Labute approximate surface area is 116 Å². The van der Waals surface area contributed by atoms with Crippen LogP contribution >= 0.6 is 0 Å². The van der Waals surface area contributed by atoms with Gasteiger partial charge in [-0.05, 0) is 24.6 Å². The number of aryl methyl sites for hydroxylation is 1. The van der Waals surface area contributed by atoms with Gasteiger partial charge in [0.1, 0.15) is 18.2 Å². The van der Waals surface area contributed by atoms with Crippen LogP contribution in [0, 0.1) is 6.92 Å². The van der Waals surface area contributed by atoms with E-state index in [-0.39, 0.29) is 6.54 Å². The number of nitrogens with one attached hydrogen (secondary N) is 2. The molecule has 2 aromatic rings. The zero-order chi connectivity index (χ0) is 14.4. The van der Waals surface area contributed by atoms with Gasteiger partial charge in [0.05, 0.1) is 6.54 Å². The van der Waals surface area contributed by atoms with E-state index in [9.17, 15) is 4.79 Å². The second kappa shape index (κ2) is 6.55. The van der Waals surface area contributed by atoms with E-state index in [0.717, 1.165) is 17.2 Å². The van der Waals surface area contributed by atoms with E-state index in [1.165, 1.54) is 0 Å². The first kappa shape index (κ1) is 13.9. The summed E-state index contributed by atoms with van der Waals surface area (Å²) in [6.45, 7) is 2.41. The van der Waals surface area contributed by atoms with Crippen molar-refractivity contribution in [3.05, 3.63) is 41.5 Å². The number of hydrogen-bond acceptors (Lipinski definition) is 4. The normalized spacial score (nSPS) is 10.2. The van der Waals surface area contributed by atoms with Crippen LogP contribution in [0.3, 0.4) is 0 Å². The molecular weight excluding hydrogens is 260 g/mol. The van der Waals surface area contributed by atoms with Gasteiger partial charge in [-0.25, -0.2) is 9.78 Å². The second-order valence-corrected chi connectivity index (χ2v) is 4.24. The Morgan fingerprint density at radius 2 is 2.15 bits per heavy atom. The van der Waals surface area contributed by atoms with Gasteiger partial charge in [0.25, 0.3) is 0 Å². The lowest BCUT2D eigenvalue weighted by molar-refractivity contribution is 0.191. The standard InChI is InChI=1S/C13H16N4O3/c1-9-15-12(17-16-9)8-10-2-4-11(5-3-10)20-7-6-14-13(18)19/h2-5,14H,6-8H2,1H3,(H,18,19)(H,15,16,17). The largest absolute Gasteiger partial charge is 0.492 e. The van der Waals surface area contributed by atoms with Crippen molar-refractivity contribution in [2.75, 3.05) is 13.2 Å². The first-order chi connectivity index (χ1) is 9.63. The minimum atomic E-state index is -1.05. The first-order valence-corrected chi connectivity index (χ1v) is 6.20. The van der Waals surface area contributed by atoms with Crippen molar-refractivity contribution in [2.45, 2.75) is 13.3 Å². The molecule has 7 nitrogen and oxygen atoms in total. The van der Waals surface area contributed by atoms with Gasteiger partial charge in [-0.3, -0.25) is 5.10 Å². The lowest BCUT2D eigenvalue weighted by atomic mass is 10.1. The van der Waals surface area contributed by atoms with Gasteiger partial charge >= 0.3 is 6.09 Å². The van der Waals surface area contributed by atoms with Crippen molar-refractivity contribution in [3.63, 3.8) is 0 Å².